The molecule has 0 bridgehead atoms. The van der Waals surface area contributed by atoms with Gasteiger partial charge in [0.15, 0.2) is 5.82 Å². The quantitative estimate of drug-likeness (QED) is 0.891. The number of amides is 2. The first-order valence-corrected chi connectivity index (χ1v) is 7.72. The van der Waals surface area contributed by atoms with E-state index in [2.05, 4.69) is 20.5 Å². The van der Waals surface area contributed by atoms with Gasteiger partial charge in [0.1, 0.15) is 5.82 Å². The highest BCUT2D eigenvalue weighted by Crippen LogP contribution is 2.20. The number of nitrogens with zero attached hydrogens (tertiary/aromatic N) is 3. The van der Waals surface area contributed by atoms with Crippen LogP contribution in [0.1, 0.15) is 19.7 Å². The molecule has 1 fully saturated rings. The zero-order chi connectivity index (χ0) is 16.4. The van der Waals surface area contributed by atoms with Crippen LogP contribution in [0.4, 0.5) is 10.5 Å². The van der Waals surface area contributed by atoms with Gasteiger partial charge >= 0.3 is 6.03 Å². The molecular formula is C16H21N5O2. The first-order chi connectivity index (χ1) is 11.0. The smallest absolute Gasteiger partial charge is 0.322 e. The maximum Gasteiger partial charge on any atom is 0.322 e. The Morgan fingerprint density at radius 3 is 2.74 bits per heavy atom. The Morgan fingerprint density at radius 1 is 1.35 bits per heavy atom. The molecule has 1 aromatic carbocycles. The molecule has 2 atom stereocenters. The molecule has 2 aromatic rings. The van der Waals surface area contributed by atoms with Crippen molar-refractivity contribution in [1.29, 1.82) is 0 Å². The van der Waals surface area contributed by atoms with Crippen LogP contribution in [0.2, 0.25) is 0 Å². The molecule has 1 aliphatic heterocycles. The molecule has 7 nitrogen and oxygen atoms in total. The number of carbonyl (C=O) groups excluding carboxylic acids is 1. The molecular weight excluding hydrogens is 294 g/mol. The summed E-state index contributed by atoms with van der Waals surface area (Å²) in [5.41, 5.74) is 1.58. The van der Waals surface area contributed by atoms with Crippen LogP contribution in [0.15, 0.2) is 24.3 Å². The van der Waals surface area contributed by atoms with Gasteiger partial charge in [-0.1, -0.05) is 12.1 Å². The number of aromatic nitrogens is 3. The molecule has 1 saturated heterocycles. The fraction of sp³-hybridized carbons (Fsp3) is 0.438. The Morgan fingerprint density at radius 2 is 2.09 bits per heavy atom. The molecule has 0 saturated carbocycles. The van der Waals surface area contributed by atoms with Crippen molar-refractivity contribution in [3.05, 3.63) is 30.1 Å². The number of aromatic amines is 1. The Labute approximate surface area is 135 Å². The third-order valence-corrected chi connectivity index (χ3v) is 3.68. The molecule has 1 aliphatic rings. The minimum Gasteiger partial charge on any atom is -0.372 e. The highest BCUT2D eigenvalue weighted by molar-refractivity contribution is 5.90. The number of hydrogen-bond acceptors (Lipinski definition) is 4. The standard InChI is InChI=1S/C16H21N5O2/c1-10-8-21(9-11(2)23-10)16(22)18-14-6-4-5-13(7-14)15-17-12(3)19-20-15/h4-7,10-11H,8-9H2,1-3H3,(H,18,22)(H,17,19,20). The van der Waals surface area contributed by atoms with E-state index in [1.54, 1.807) is 4.90 Å². The van der Waals surface area contributed by atoms with Crippen LogP contribution in [-0.4, -0.2) is 51.4 Å². The summed E-state index contributed by atoms with van der Waals surface area (Å²) in [6.45, 7) is 6.99. The van der Waals surface area contributed by atoms with Crippen LogP contribution in [0, 0.1) is 6.92 Å². The van der Waals surface area contributed by atoms with E-state index in [0.717, 1.165) is 17.1 Å². The summed E-state index contributed by atoms with van der Waals surface area (Å²) < 4.78 is 5.65. The normalized spacial score (nSPS) is 21.3. The van der Waals surface area contributed by atoms with Crippen LogP contribution in [0.5, 0.6) is 0 Å². The predicted octanol–water partition coefficient (Wildman–Crippen LogP) is 2.42. The predicted molar refractivity (Wildman–Crippen MR) is 87.2 cm³/mol. The monoisotopic (exact) mass is 315 g/mol. The van der Waals surface area contributed by atoms with Gasteiger partial charge < -0.3 is 15.0 Å². The number of morpholine rings is 1. The van der Waals surface area contributed by atoms with Crippen LogP contribution in [0.25, 0.3) is 11.4 Å². The van der Waals surface area contributed by atoms with E-state index in [9.17, 15) is 4.79 Å². The summed E-state index contributed by atoms with van der Waals surface area (Å²) in [5, 5.41) is 9.89. The highest BCUT2D eigenvalue weighted by atomic mass is 16.5. The summed E-state index contributed by atoms with van der Waals surface area (Å²) in [5.74, 6) is 1.37. The zero-order valence-corrected chi connectivity index (χ0v) is 13.5. The first kappa shape index (κ1) is 15.5. The number of hydrogen-bond donors (Lipinski definition) is 2. The fourth-order valence-corrected chi connectivity index (χ4v) is 2.75. The van der Waals surface area contributed by atoms with E-state index >= 15 is 0 Å². The second kappa shape index (κ2) is 6.37. The van der Waals surface area contributed by atoms with Gasteiger partial charge in [0.2, 0.25) is 0 Å². The Balaban J connectivity index is 1.71. The lowest BCUT2D eigenvalue weighted by atomic mass is 10.2. The summed E-state index contributed by atoms with van der Waals surface area (Å²) in [6.07, 6.45) is 0.0964. The molecule has 0 spiro atoms. The number of carbonyl (C=O) groups is 1. The number of rotatable bonds is 2. The summed E-state index contributed by atoms with van der Waals surface area (Å²) in [4.78, 5) is 18.5. The molecule has 2 amide bonds. The first-order valence-electron chi connectivity index (χ1n) is 7.72. The maximum atomic E-state index is 12.4. The molecule has 7 heteroatoms. The van der Waals surface area contributed by atoms with E-state index in [0.29, 0.717) is 18.9 Å². The van der Waals surface area contributed by atoms with Crippen molar-refractivity contribution in [2.75, 3.05) is 18.4 Å². The van der Waals surface area contributed by atoms with Crippen LogP contribution in [-0.2, 0) is 4.74 Å². The summed E-state index contributed by atoms with van der Waals surface area (Å²) in [7, 11) is 0. The second-order valence-corrected chi connectivity index (χ2v) is 5.92. The molecule has 2 heterocycles. The SMILES string of the molecule is Cc1nc(-c2cccc(NC(=O)N3CC(C)OC(C)C3)c2)n[nH]1. The van der Waals surface area contributed by atoms with E-state index in [1.807, 2.05) is 45.0 Å². The topological polar surface area (TPSA) is 83.1 Å². The lowest BCUT2D eigenvalue weighted by Crippen LogP contribution is -2.49. The molecule has 23 heavy (non-hydrogen) atoms. The van der Waals surface area contributed by atoms with Crippen LogP contribution < -0.4 is 5.32 Å². The van der Waals surface area contributed by atoms with Gasteiger partial charge in [0.05, 0.1) is 12.2 Å². The van der Waals surface area contributed by atoms with Gasteiger partial charge in [-0.05, 0) is 32.9 Å². The minimum atomic E-state index is -0.115. The highest BCUT2D eigenvalue weighted by Gasteiger charge is 2.25. The van der Waals surface area contributed by atoms with E-state index < -0.39 is 0 Å². The van der Waals surface area contributed by atoms with E-state index in [4.69, 9.17) is 4.74 Å². The number of ether oxygens (including phenoxy) is 1. The van der Waals surface area contributed by atoms with Crippen LogP contribution >= 0.6 is 0 Å². The van der Waals surface area contributed by atoms with E-state index in [1.165, 1.54) is 0 Å². The fourth-order valence-electron chi connectivity index (χ4n) is 2.75. The number of H-pyrrole nitrogens is 1. The molecule has 2 N–H and O–H groups in total. The minimum absolute atomic E-state index is 0.0482. The van der Waals surface area contributed by atoms with Crippen molar-refractivity contribution in [2.24, 2.45) is 0 Å². The Hall–Kier alpha value is -2.41. The number of urea groups is 1. The van der Waals surface area contributed by atoms with Gasteiger partial charge in [-0.25, -0.2) is 9.78 Å². The van der Waals surface area contributed by atoms with Crippen molar-refractivity contribution >= 4 is 11.7 Å². The number of nitrogens with one attached hydrogen (secondary N) is 2. The molecule has 0 aliphatic carbocycles. The van der Waals surface area contributed by atoms with Gasteiger partial charge in [-0.15, -0.1) is 0 Å². The largest absolute Gasteiger partial charge is 0.372 e. The van der Waals surface area contributed by atoms with Crippen molar-refractivity contribution in [3.63, 3.8) is 0 Å². The lowest BCUT2D eigenvalue weighted by Gasteiger charge is -2.35. The Bertz CT molecular complexity index is 689. The maximum absolute atomic E-state index is 12.4. The third kappa shape index (κ3) is 3.68. The number of anilines is 1. The molecule has 2 unspecified atom stereocenters. The van der Waals surface area contributed by atoms with Crippen LogP contribution in [0.3, 0.4) is 0 Å². The van der Waals surface area contributed by atoms with Crippen molar-refractivity contribution in [2.45, 2.75) is 33.0 Å². The summed E-state index contributed by atoms with van der Waals surface area (Å²) >= 11 is 0. The average Bonchev–Trinajstić information content (AvgIpc) is 2.93. The molecule has 0 radical (unpaired) electrons. The lowest BCUT2D eigenvalue weighted by molar-refractivity contribution is -0.0530. The van der Waals surface area contributed by atoms with E-state index in [-0.39, 0.29) is 18.2 Å². The molecule has 122 valence electrons. The number of benzene rings is 1. The zero-order valence-electron chi connectivity index (χ0n) is 13.5. The van der Waals surface area contributed by atoms with Gasteiger partial charge in [-0.2, -0.15) is 5.10 Å². The molecule has 3 rings (SSSR count). The third-order valence-electron chi connectivity index (χ3n) is 3.68. The van der Waals surface area contributed by atoms with Gasteiger partial charge in [0.25, 0.3) is 0 Å². The van der Waals surface area contributed by atoms with Crippen molar-refractivity contribution in [3.8, 4) is 11.4 Å². The van der Waals surface area contributed by atoms with Gasteiger partial charge in [0, 0.05) is 24.3 Å². The van der Waals surface area contributed by atoms with Crippen molar-refractivity contribution < 1.29 is 9.53 Å². The second-order valence-electron chi connectivity index (χ2n) is 5.92. The Kier molecular flexibility index (Phi) is 4.29. The summed E-state index contributed by atoms with van der Waals surface area (Å²) in [6, 6.07) is 7.40. The van der Waals surface area contributed by atoms with Gasteiger partial charge in [-0.3, -0.25) is 5.10 Å². The van der Waals surface area contributed by atoms with Crippen molar-refractivity contribution in [1.82, 2.24) is 20.1 Å². The number of aryl methyl sites for hydroxylation is 1. The molecule has 1 aromatic heterocycles. The average molecular weight is 315 g/mol.